The molecule has 5 aromatic carbocycles. The van der Waals surface area contributed by atoms with E-state index >= 15 is 0 Å². The molecule has 4 heterocycles. The minimum atomic E-state index is 1.00. The lowest BCUT2D eigenvalue weighted by molar-refractivity contribution is 1.17. The van der Waals surface area contributed by atoms with Gasteiger partial charge in [-0.1, -0.05) is 72.8 Å². The Morgan fingerprint density at radius 2 is 1.10 bits per heavy atom. The lowest BCUT2D eigenvalue weighted by atomic mass is 10.0. The second kappa shape index (κ2) is 8.88. The van der Waals surface area contributed by atoms with Gasteiger partial charge in [-0.15, -0.1) is 0 Å². The standard InChI is InChI=1S/C38H24N4/c1-3-9-27(10-4-1)41-34-18-16-25(21-32(34)38-31-13-7-8-14-33(31)40-24-37(38)41)26-15-17-29-30-19-20-39-23-36(30)42(35(29)22-26)28-11-5-2-6-12-28/h1-24H. The molecule has 4 nitrogen and oxygen atoms in total. The Morgan fingerprint density at radius 3 is 1.90 bits per heavy atom. The molecular formula is C38H24N4. The van der Waals surface area contributed by atoms with Gasteiger partial charge in [0.25, 0.3) is 0 Å². The summed E-state index contributed by atoms with van der Waals surface area (Å²) in [5, 5.41) is 6.04. The average molecular weight is 537 g/mol. The van der Waals surface area contributed by atoms with E-state index in [1.165, 1.54) is 49.1 Å². The van der Waals surface area contributed by atoms with Gasteiger partial charge in [-0.2, -0.15) is 0 Å². The third-order valence-electron chi connectivity index (χ3n) is 8.44. The van der Waals surface area contributed by atoms with E-state index in [-0.39, 0.29) is 0 Å². The summed E-state index contributed by atoms with van der Waals surface area (Å²) in [6, 6.07) is 45.3. The van der Waals surface area contributed by atoms with Crippen LogP contribution in [0.4, 0.5) is 0 Å². The largest absolute Gasteiger partial charge is 0.308 e. The van der Waals surface area contributed by atoms with E-state index in [9.17, 15) is 0 Å². The Labute approximate surface area is 241 Å². The van der Waals surface area contributed by atoms with Crippen molar-refractivity contribution in [2.45, 2.75) is 0 Å². The maximum Gasteiger partial charge on any atom is 0.0730 e. The van der Waals surface area contributed by atoms with E-state index in [1.807, 2.05) is 18.6 Å². The molecule has 0 N–H and O–H groups in total. The van der Waals surface area contributed by atoms with Gasteiger partial charge in [-0.25, -0.2) is 0 Å². The van der Waals surface area contributed by atoms with Crippen LogP contribution in [0.25, 0.3) is 77.0 Å². The molecule has 0 fully saturated rings. The minimum absolute atomic E-state index is 1.00. The maximum absolute atomic E-state index is 4.84. The van der Waals surface area contributed by atoms with E-state index in [0.29, 0.717) is 0 Å². The normalized spacial score (nSPS) is 11.8. The fourth-order valence-electron chi connectivity index (χ4n) is 6.58. The van der Waals surface area contributed by atoms with Gasteiger partial charge in [0.05, 0.1) is 40.0 Å². The number of hydrogen-bond donors (Lipinski definition) is 0. The van der Waals surface area contributed by atoms with Crippen molar-refractivity contribution in [1.82, 2.24) is 19.1 Å². The summed E-state index contributed by atoms with van der Waals surface area (Å²) in [6.45, 7) is 0. The summed E-state index contributed by atoms with van der Waals surface area (Å²) < 4.78 is 4.65. The van der Waals surface area contributed by atoms with Crippen LogP contribution < -0.4 is 0 Å². The van der Waals surface area contributed by atoms with Crippen LogP contribution in [0.1, 0.15) is 0 Å². The van der Waals surface area contributed by atoms with Crippen LogP contribution in [0, 0.1) is 0 Å². The molecule has 42 heavy (non-hydrogen) atoms. The van der Waals surface area contributed by atoms with Crippen molar-refractivity contribution in [3.8, 4) is 22.5 Å². The van der Waals surface area contributed by atoms with Crippen LogP contribution >= 0.6 is 0 Å². The quantitative estimate of drug-likeness (QED) is 0.225. The number of para-hydroxylation sites is 3. The Balaban J connectivity index is 1.34. The highest BCUT2D eigenvalue weighted by Gasteiger charge is 2.17. The van der Waals surface area contributed by atoms with Crippen molar-refractivity contribution in [3.05, 3.63) is 146 Å². The molecule has 0 aliphatic rings. The van der Waals surface area contributed by atoms with Gasteiger partial charge >= 0.3 is 0 Å². The number of nitrogens with zero attached hydrogens (tertiary/aromatic N) is 4. The topological polar surface area (TPSA) is 35.6 Å². The highest BCUT2D eigenvalue weighted by atomic mass is 15.0. The average Bonchev–Trinajstić information content (AvgIpc) is 3.58. The molecule has 0 saturated carbocycles. The Bertz CT molecular complexity index is 2450. The molecule has 0 aliphatic carbocycles. The Morgan fingerprint density at radius 1 is 0.429 bits per heavy atom. The predicted octanol–water partition coefficient (Wildman–Crippen LogP) is 9.49. The van der Waals surface area contributed by atoms with Crippen molar-refractivity contribution in [1.29, 1.82) is 0 Å². The van der Waals surface area contributed by atoms with Gasteiger partial charge in [0.15, 0.2) is 0 Å². The third kappa shape index (κ3) is 3.29. The Kier molecular flexibility index (Phi) is 4.87. The van der Waals surface area contributed by atoms with Crippen molar-refractivity contribution in [2.24, 2.45) is 0 Å². The van der Waals surface area contributed by atoms with E-state index in [2.05, 4.69) is 142 Å². The monoisotopic (exact) mass is 536 g/mol. The lowest BCUT2D eigenvalue weighted by Gasteiger charge is -2.09. The maximum atomic E-state index is 4.84. The first-order valence-corrected chi connectivity index (χ1v) is 14.2. The summed E-state index contributed by atoms with van der Waals surface area (Å²) in [7, 11) is 0. The summed E-state index contributed by atoms with van der Waals surface area (Å²) in [5.74, 6) is 0. The molecule has 9 rings (SSSR count). The van der Waals surface area contributed by atoms with E-state index in [4.69, 9.17) is 4.98 Å². The van der Waals surface area contributed by atoms with Crippen molar-refractivity contribution in [2.75, 3.05) is 0 Å². The molecule has 0 radical (unpaired) electrons. The summed E-state index contributed by atoms with van der Waals surface area (Å²) in [5.41, 5.74) is 10.2. The molecular weight excluding hydrogens is 512 g/mol. The van der Waals surface area contributed by atoms with Gasteiger partial charge in [0.1, 0.15) is 0 Å². The van der Waals surface area contributed by atoms with Gasteiger partial charge in [0.2, 0.25) is 0 Å². The van der Waals surface area contributed by atoms with Crippen LogP contribution in [0.2, 0.25) is 0 Å². The van der Waals surface area contributed by atoms with Gasteiger partial charge in [0, 0.05) is 44.5 Å². The molecule has 0 saturated heterocycles. The third-order valence-corrected chi connectivity index (χ3v) is 8.44. The number of hydrogen-bond acceptors (Lipinski definition) is 2. The van der Waals surface area contributed by atoms with Crippen LogP contribution in [0.3, 0.4) is 0 Å². The van der Waals surface area contributed by atoms with E-state index in [1.54, 1.807) is 0 Å². The zero-order valence-corrected chi connectivity index (χ0v) is 22.6. The van der Waals surface area contributed by atoms with Crippen LogP contribution in [-0.4, -0.2) is 19.1 Å². The molecule has 0 amide bonds. The second-order valence-corrected chi connectivity index (χ2v) is 10.7. The van der Waals surface area contributed by atoms with Gasteiger partial charge < -0.3 is 9.13 Å². The summed E-state index contributed by atoms with van der Waals surface area (Å²) >= 11 is 0. The summed E-state index contributed by atoms with van der Waals surface area (Å²) in [4.78, 5) is 9.30. The van der Waals surface area contributed by atoms with Crippen LogP contribution in [0.15, 0.2) is 146 Å². The first-order valence-electron chi connectivity index (χ1n) is 14.2. The molecule has 196 valence electrons. The first kappa shape index (κ1) is 23.0. The van der Waals surface area contributed by atoms with Crippen molar-refractivity contribution in [3.63, 3.8) is 0 Å². The zero-order chi connectivity index (χ0) is 27.6. The fraction of sp³-hybridized carbons (Fsp3) is 0. The first-order chi connectivity index (χ1) is 20.8. The van der Waals surface area contributed by atoms with Crippen LogP contribution in [-0.2, 0) is 0 Å². The zero-order valence-electron chi connectivity index (χ0n) is 22.6. The number of aromatic nitrogens is 4. The van der Waals surface area contributed by atoms with E-state index < -0.39 is 0 Å². The van der Waals surface area contributed by atoms with E-state index in [0.717, 1.165) is 27.9 Å². The predicted molar refractivity (Wildman–Crippen MR) is 174 cm³/mol. The van der Waals surface area contributed by atoms with Gasteiger partial charge in [-0.3, -0.25) is 9.97 Å². The molecule has 0 atom stereocenters. The molecule has 4 aromatic heterocycles. The SMILES string of the molecule is c1ccc(-n2c3cnccc3c3ccc(-c4ccc5c(c4)c4c6ccccc6ncc4n5-c4ccccc4)cc32)cc1. The number of benzene rings is 5. The molecule has 4 heteroatoms. The molecule has 0 bridgehead atoms. The number of pyridine rings is 2. The lowest BCUT2D eigenvalue weighted by Crippen LogP contribution is -1.94. The molecule has 0 spiro atoms. The molecule has 0 aliphatic heterocycles. The summed E-state index contributed by atoms with van der Waals surface area (Å²) in [6.07, 6.45) is 5.86. The fourth-order valence-corrected chi connectivity index (χ4v) is 6.58. The molecule has 9 aromatic rings. The van der Waals surface area contributed by atoms with Crippen LogP contribution in [0.5, 0.6) is 0 Å². The molecule has 0 unspecified atom stereocenters. The van der Waals surface area contributed by atoms with Crippen molar-refractivity contribution < 1.29 is 0 Å². The number of fused-ring (bicyclic) bond motifs is 8. The van der Waals surface area contributed by atoms with Crippen molar-refractivity contribution >= 4 is 54.5 Å². The highest BCUT2D eigenvalue weighted by molar-refractivity contribution is 6.21. The second-order valence-electron chi connectivity index (χ2n) is 10.7. The Hall–Kier alpha value is -5.74. The van der Waals surface area contributed by atoms with Gasteiger partial charge in [-0.05, 0) is 65.7 Å². The highest BCUT2D eigenvalue weighted by Crippen LogP contribution is 2.39. The smallest absolute Gasteiger partial charge is 0.0730 e. The number of rotatable bonds is 3. The minimum Gasteiger partial charge on any atom is -0.308 e.